The number of ether oxygens (including phenoxy) is 2. The van der Waals surface area contributed by atoms with Crippen LogP contribution in [-0.4, -0.2) is 40.8 Å². The Morgan fingerprint density at radius 3 is 2.27 bits per heavy atom. The molecule has 0 saturated heterocycles. The zero-order valence-corrected chi connectivity index (χ0v) is 17.0. The van der Waals surface area contributed by atoms with E-state index in [1.807, 2.05) is 6.07 Å². The average Bonchev–Trinajstić information content (AvgIpc) is 3.29. The molecule has 156 valence electrons. The van der Waals surface area contributed by atoms with Crippen molar-refractivity contribution in [1.29, 1.82) is 0 Å². The molecule has 1 heterocycles. The zero-order valence-electron chi connectivity index (χ0n) is 17.0. The van der Waals surface area contributed by atoms with Crippen molar-refractivity contribution in [3.05, 3.63) is 60.7 Å². The first-order valence-corrected chi connectivity index (χ1v) is 9.26. The van der Waals surface area contributed by atoms with Crippen LogP contribution in [0.2, 0.25) is 0 Å². The van der Waals surface area contributed by atoms with Crippen LogP contribution in [-0.2, 0) is 16.0 Å². The highest BCUT2D eigenvalue weighted by atomic mass is 16.5. The highest BCUT2D eigenvalue weighted by Crippen LogP contribution is 2.27. The fourth-order valence-electron chi connectivity index (χ4n) is 2.80. The highest BCUT2D eigenvalue weighted by Gasteiger charge is 2.15. The van der Waals surface area contributed by atoms with Crippen LogP contribution < -0.4 is 20.1 Å². The van der Waals surface area contributed by atoms with Crippen molar-refractivity contribution < 1.29 is 19.1 Å². The van der Waals surface area contributed by atoms with E-state index in [-0.39, 0.29) is 18.2 Å². The summed E-state index contributed by atoms with van der Waals surface area (Å²) in [6, 6.07) is 11.7. The summed E-state index contributed by atoms with van der Waals surface area (Å²) in [5.74, 6) is 0.796. The molecule has 0 spiro atoms. The summed E-state index contributed by atoms with van der Waals surface area (Å²) in [5, 5.41) is 9.61. The number of hydrogen-bond acceptors (Lipinski definition) is 6. The predicted molar refractivity (Wildman–Crippen MR) is 112 cm³/mol. The van der Waals surface area contributed by atoms with Crippen molar-refractivity contribution in [2.45, 2.75) is 19.4 Å². The predicted octanol–water partition coefficient (Wildman–Crippen LogP) is 2.68. The summed E-state index contributed by atoms with van der Waals surface area (Å²) in [4.78, 5) is 28.5. The van der Waals surface area contributed by atoms with E-state index in [9.17, 15) is 9.59 Å². The fourth-order valence-corrected chi connectivity index (χ4v) is 2.80. The molecule has 9 heteroatoms. The summed E-state index contributed by atoms with van der Waals surface area (Å²) in [5.41, 5.74) is 2.05. The van der Waals surface area contributed by atoms with Gasteiger partial charge in [0, 0.05) is 11.4 Å². The van der Waals surface area contributed by atoms with E-state index in [1.165, 1.54) is 17.3 Å². The summed E-state index contributed by atoms with van der Waals surface area (Å²) >= 11 is 0. The Morgan fingerprint density at radius 2 is 1.67 bits per heavy atom. The number of carbonyl (C=O) groups is 2. The second-order valence-electron chi connectivity index (χ2n) is 6.53. The van der Waals surface area contributed by atoms with Gasteiger partial charge in [-0.05, 0) is 48.9 Å². The van der Waals surface area contributed by atoms with Crippen molar-refractivity contribution in [1.82, 2.24) is 14.8 Å². The monoisotopic (exact) mass is 409 g/mol. The maximum atomic E-state index is 12.4. The third kappa shape index (κ3) is 5.13. The van der Waals surface area contributed by atoms with Gasteiger partial charge in [-0.15, -0.1) is 0 Å². The molecule has 2 N–H and O–H groups in total. The topological polar surface area (TPSA) is 107 Å². The molecule has 1 aromatic heterocycles. The molecular formula is C21H23N5O4. The second kappa shape index (κ2) is 9.55. The molecule has 2 amide bonds. The van der Waals surface area contributed by atoms with Gasteiger partial charge in [0.25, 0.3) is 0 Å². The molecule has 0 aliphatic heterocycles. The largest absolute Gasteiger partial charge is 0.493 e. The molecule has 0 radical (unpaired) electrons. The van der Waals surface area contributed by atoms with E-state index < -0.39 is 6.04 Å². The van der Waals surface area contributed by atoms with Gasteiger partial charge in [-0.3, -0.25) is 9.59 Å². The molecular weight excluding hydrogens is 386 g/mol. The van der Waals surface area contributed by atoms with Crippen molar-refractivity contribution in [3.63, 3.8) is 0 Å². The molecule has 9 nitrogen and oxygen atoms in total. The first-order chi connectivity index (χ1) is 14.5. The van der Waals surface area contributed by atoms with Crippen molar-refractivity contribution in [2.75, 3.05) is 24.9 Å². The Morgan fingerprint density at radius 1 is 1.00 bits per heavy atom. The maximum Gasteiger partial charge on any atom is 0.249 e. The Bertz CT molecular complexity index is 1000. The standard InChI is InChI=1S/C21H23N5O4/c1-14(26-13-22-12-23-26)21(28)25-17-7-5-16(6-8-17)24-20(27)11-15-4-9-18(29-2)19(10-15)30-3/h4-10,12-14H,11H2,1-3H3,(H,24,27)(H,25,28). The van der Waals surface area contributed by atoms with Gasteiger partial charge in [0.15, 0.2) is 11.5 Å². The van der Waals surface area contributed by atoms with Gasteiger partial charge in [0.2, 0.25) is 11.8 Å². The lowest BCUT2D eigenvalue weighted by Gasteiger charge is -2.13. The molecule has 0 saturated carbocycles. The quantitative estimate of drug-likeness (QED) is 0.592. The Labute approximate surface area is 174 Å². The lowest BCUT2D eigenvalue weighted by atomic mass is 10.1. The average molecular weight is 409 g/mol. The van der Waals surface area contributed by atoms with E-state index in [2.05, 4.69) is 20.7 Å². The van der Waals surface area contributed by atoms with Crippen LogP contribution in [0.3, 0.4) is 0 Å². The number of rotatable bonds is 8. The van der Waals surface area contributed by atoms with Gasteiger partial charge in [-0.25, -0.2) is 9.67 Å². The van der Waals surface area contributed by atoms with Crippen molar-refractivity contribution in [2.24, 2.45) is 0 Å². The van der Waals surface area contributed by atoms with Crippen molar-refractivity contribution in [3.8, 4) is 11.5 Å². The number of methoxy groups -OCH3 is 2. The molecule has 0 aliphatic rings. The SMILES string of the molecule is COc1ccc(CC(=O)Nc2ccc(NC(=O)C(C)n3cncn3)cc2)cc1OC. The molecule has 1 unspecified atom stereocenters. The first kappa shape index (κ1) is 20.8. The Balaban J connectivity index is 1.56. The minimum Gasteiger partial charge on any atom is -0.493 e. The zero-order chi connectivity index (χ0) is 21.5. The molecule has 3 rings (SSSR count). The van der Waals surface area contributed by atoms with Crippen LogP contribution in [0.25, 0.3) is 0 Å². The molecule has 3 aromatic rings. The molecule has 0 bridgehead atoms. The summed E-state index contributed by atoms with van der Waals surface area (Å²) in [6.07, 6.45) is 3.05. The number of hydrogen-bond donors (Lipinski definition) is 2. The number of amides is 2. The normalized spacial score (nSPS) is 11.4. The van der Waals surface area contributed by atoms with Crippen LogP contribution in [0, 0.1) is 0 Å². The minimum absolute atomic E-state index is 0.168. The maximum absolute atomic E-state index is 12.4. The number of carbonyl (C=O) groups excluding carboxylic acids is 2. The number of nitrogens with zero attached hydrogens (tertiary/aromatic N) is 3. The Kier molecular flexibility index (Phi) is 6.63. The lowest BCUT2D eigenvalue weighted by Crippen LogP contribution is -2.24. The minimum atomic E-state index is -0.492. The summed E-state index contributed by atoms with van der Waals surface area (Å²) < 4.78 is 11.9. The van der Waals surface area contributed by atoms with E-state index in [4.69, 9.17) is 9.47 Å². The van der Waals surface area contributed by atoms with Crippen molar-refractivity contribution >= 4 is 23.2 Å². The lowest BCUT2D eigenvalue weighted by molar-refractivity contribution is -0.119. The van der Waals surface area contributed by atoms with Gasteiger partial charge < -0.3 is 20.1 Å². The smallest absolute Gasteiger partial charge is 0.249 e. The van der Waals surface area contributed by atoms with Gasteiger partial charge in [-0.1, -0.05) is 6.07 Å². The van der Waals surface area contributed by atoms with Crippen LogP contribution in [0.4, 0.5) is 11.4 Å². The highest BCUT2D eigenvalue weighted by molar-refractivity contribution is 5.95. The van der Waals surface area contributed by atoms with E-state index >= 15 is 0 Å². The number of nitrogens with one attached hydrogen (secondary N) is 2. The summed E-state index contributed by atoms with van der Waals surface area (Å²) in [7, 11) is 3.11. The molecule has 1 atom stereocenters. The molecule has 0 fully saturated rings. The van der Waals surface area contributed by atoms with Gasteiger partial charge in [0.1, 0.15) is 18.7 Å². The van der Waals surface area contributed by atoms with Crippen LogP contribution >= 0.6 is 0 Å². The van der Waals surface area contributed by atoms with Crippen LogP contribution in [0.15, 0.2) is 55.1 Å². The molecule has 2 aromatic carbocycles. The number of aromatic nitrogens is 3. The molecule has 30 heavy (non-hydrogen) atoms. The van der Waals surface area contributed by atoms with Crippen LogP contribution in [0.1, 0.15) is 18.5 Å². The fraction of sp³-hybridized carbons (Fsp3) is 0.238. The van der Waals surface area contributed by atoms with E-state index in [0.29, 0.717) is 22.9 Å². The van der Waals surface area contributed by atoms with Gasteiger partial charge in [-0.2, -0.15) is 5.10 Å². The van der Waals surface area contributed by atoms with E-state index in [1.54, 1.807) is 57.5 Å². The molecule has 0 aliphatic carbocycles. The number of benzene rings is 2. The van der Waals surface area contributed by atoms with Crippen LogP contribution in [0.5, 0.6) is 11.5 Å². The first-order valence-electron chi connectivity index (χ1n) is 9.26. The van der Waals surface area contributed by atoms with Gasteiger partial charge >= 0.3 is 0 Å². The third-order valence-corrected chi connectivity index (χ3v) is 4.46. The summed E-state index contributed by atoms with van der Waals surface area (Å²) in [6.45, 7) is 1.73. The number of anilines is 2. The van der Waals surface area contributed by atoms with Gasteiger partial charge in [0.05, 0.1) is 20.6 Å². The third-order valence-electron chi connectivity index (χ3n) is 4.46. The van der Waals surface area contributed by atoms with E-state index in [0.717, 1.165) is 5.56 Å². The second-order valence-corrected chi connectivity index (χ2v) is 6.53. The Hall–Kier alpha value is -3.88.